The zero-order valence-electron chi connectivity index (χ0n) is 10.4. The van der Waals surface area contributed by atoms with Crippen LogP contribution in [0.25, 0.3) is 0 Å². The molecule has 0 saturated carbocycles. The summed E-state index contributed by atoms with van der Waals surface area (Å²) in [7, 11) is 1.73. The Morgan fingerprint density at radius 2 is 2.28 bits per heavy atom. The van der Waals surface area contributed by atoms with Crippen molar-refractivity contribution >= 4 is 33.4 Å². The summed E-state index contributed by atoms with van der Waals surface area (Å²) >= 11 is 3.37. The van der Waals surface area contributed by atoms with Gasteiger partial charge in [0.2, 0.25) is 0 Å². The van der Waals surface area contributed by atoms with Crippen molar-refractivity contribution < 1.29 is 9.59 Å². The molecule has 1 heterocycles. The normalized spacial score (nSPS) is 15.9. The van der Waals surface area contributed by atoms with E-state index in [1.54, 1.807) is 24.1 Å². The molecule has 0 fully saturated rings. The first kappa shape index (κ1) is 13.1. The van der Waals surface area contributed by atoms with Crippen molar-refractivity contribution in [1.29, 1.82) is 0 Å². The fourth-order valence-corrected chi connectivity index (χ4v) is 2.17. The summed E-state index contributed by atoms with van der Waals surface area (Å²) < 4.78 is 0. The number of Topliss-reactive ketones (excluding diaryl/α,β-unsaturated/α-hetero) is 1. The molecule has 0 saturated heterocycles. The molecule has 4 nitrogen and oxygen atoms in total. The summed E-state index contributed by atoms with van der Waals surface area (Å²) in [5.41, 5.74) is 2.44. The molecule has 1 aliphatic heterocycles. The van der Waals surface area contributed by atoms with Gasteiger partial charge >= 0.3 is 6.03 Å². The van der Waals surface area contributed by atoms with Crippen LogP contribution in [0.2, 0.25) is 0 Å². The highest BCUT2D eigenvalue weighted by molar-refractivity contribution is 9.10. The molecule has 1 aromatic carbocycles. The highest BCUT2D eigenvalue weighted by atomic mass is 79.9. The summed E-state index contributed by atoms with van der Waals surface area (Å²) in [6.07, 6.45) is 0.757. The van der Waals surface area contributed by atoms with E-state index in [2.05, 4.69) is 21.2 Å². The number of hydrogen-bond acceptors (Lipinski definition) is 2. The number of anilines is 1. The largest absolute Gasteiger partial charge is 0.323 e. The standard InChI is InChI=1S/C13H15BrN2O2/c1-3-10(14)12(17)8-4-5-11-9(6-8)7-16(2)13(18)15-11/h4-6,10H,3,7H2,1-2H3,(H,15,18). The third kappa shape index (κ3) is 2.41. The molecule has 5 heteroatoms. The maximum absolute atomic E-state index is 12.1. The molecular weight excluding hydrogens is 296 g/mol. The van der Waals surface area contributed by atoms with Crippen LogP contribution in [0.15, 0.2) is 18.2 Å². The Bertz CT molecular complexity index is 502. The monoisotopic (exact) mass is 310 g/mol. The first-order valence-electron chi connectivity index (χ1n) is 5.86. The molecule has 0 aliphatic carbocycles. The number of nitrogens with one attached hydrogen (secondary N) is 1. The minimum atomic E-state index is -0.147. The van der Waals surface area contributed by atoms with E-state index >= 15 is 0 Å². The molecule has 2 amide bonds. The topological polar surface area (TPSA) is 49.4 Å². The minimum Gasteiger partial charge on any atom is -0.323 e. The smallest absolute Gasteiger partial charge is 0.321 e. The Balaban J connectivity index is 2.30. The maximum Gasteiger partial charge on any atom is 0.321 e. The fourth-order valence-electron chi connectivity index (χ4n) is 1.90. The maximum atomic E-state index is 12.1. The molecule has 1 atom stereocenters. The number of hydrogen-bond donors (Lipinski definition) is 1. The Hall–Kier alpha value is -1.36. The van der Waals surface area contributed by atoms with Gasteiger partial charge in [0.25, 0.3) is 0 Å². The van der Waals surface area contributed by atoms with E-state index in [0.29, 0.717) is 12.1 Å². The van der Waals surface area contributed by atoms with Gasteiger partial charge in [0.1, 0.15) is 0 Å². The highest BCUT2D eigenvalue weighted by Gasteiger charge is 2.21. The number of urea groups is 1. The number of benzene rings is 1. The van der Waals surface area contributed by atoms with Gasteiger partial charge in [0.15, 0.2) is 5.78 Å². The molecule has 2 rings (SSSR count). The van der Waals surface area contributed by atoms with Crippen LogP contribution in [0.5, 0.6) is 0 Å². The molecule has 1 unspecified atom stereocenters. The van der Waals surface area contributed by atoms with Gasteiger partial charge in [0.05, 0.1) is 4.83 Å². The SMILES string of the molecule is CCC(Br)C(=O)c1ccc2c(c1)CN(C)C(=O)N2. The van der Waals surface area contributed by atoms with Crippen molar-refractivity contribution in [3.05, 3.63) is 29.3 Å². The molecule has 0 bridgehead atoms. The molecule has 0 spiro atoms. The zero-order valence-corrected chi connectivity index (χ0v) is 12.0. The summed E-state index contributed by atoms with van der Waals surface area (Å²) in [6, 6.07) is 5.30. The molecule has 1 aromatic rings. The van der Waals surface area contributed by atoms with Gasteiger partial charge in [0, 0.05) is 24.8 Å². The first-order valence-corrected chi connectivity index (χ1v) is 6.77. The van der Waals surface area contributed by atoms with E-state index < -0.39 is 0 Å². The van der Waals surface area contributed by atoms with Crippen molar-refractivity contribution in [2.75, 3.05) is 12.4 Å². The van der Waals surface area contributed by atoms with Crippen LogP contribution in [0, 0.1) is 0 Å². The lowest BCUT2D eigenvalue weighted by Crippen LogP contribution is -2.35. The quantitative estimate of drug-likeness (QED) is 0.689. The Morgan fingerprint density at radius 3 is 2.94 bits per heavy atom. The second kappa shape index (κ2) is 5.10. The molecule has 1 N–H and O–H groups in total. The van der Waals surface area contributed by atoms with Crippen molar-refractivity contribution in [2.24, 2.45) is 0 Å². The average Bonchev–Trinajstić information content (AvgIpc) is 2.37. The molecule has 0 radical (unpaired) electrons. The van der Waals surface area contributed by atoms with E-state index in [0.717, 1.165) is 17.7 Å². The molecule has 18 heavy (non-hydrogen) atoms. The van der Waals surface area contributed by atoms with E-state index in [1.807, 2.05) is 13.0 Å². The summed E-state index contributed by atoms with van der Waals surface area (Å²) in [6.45, 7) is 2.49. The zero-order chi connectivity index (χ0) is 13.3. The number of ketones is 1. The summed E-state index contributed by atoms with van der Waals surface area (Å²) in [4.78, 5) is 25.0. The Morgan fingerprint density at radius 1 is 1.56 bits per heavy atom. The number of fused-ring (bicyclic) bond motifs is 1. The van der Waals surface area contributed by atoms with Crippen LogP contribution in [0.4, 0.5) is 10.5 Å². The molecule has 96 valence electrons. The van der Waals surface area contributed by atoms with Crippen molar-refractivity contribution in [3.8, 4) is 0 Å². The van der Waals surface area contributed by atoms with Crippen LogP contribution < -0.4 is 5.32 Å². The lowest BCUT2D eigenvalue weighted by Gasteiger charge is -2.26. The van der Waals surface area contributed by atoms with E-state index in [1.165, 1.54) is 0 Å². The van der Waals surface area contributed by atoms with Crippen LogP contribution in [-0.4, -0.2) is 28.6 Å². The van der Waals surface area contributed by atoms with Gasteiger partial charge in [-0.15, -0.1) is 0 Å². The van der Waals surface area contributed by atoms with Gasteiger partial charge in [-0.2, -0.15) is 0 Å². The third-order valence-corrected chi connectivity index (χ3v) is 4.09. The number of halogens is 1. The van der Waals surface area contributed by atoms with E-state index in [-0.39, 0.29) is 16.6 Å². The number of nitrogens with zero attached hydrogens (tertiary/aromatic N) is 1. The average molecular weight is 311 g/mol. The minimum absolute atomic E-state index is 0.0832. The van der Waals surface area contributed by atoms with Crippen molar-refractivity contribution in [3.63, 3.8) is 0 Å². The van der Waals surface area contributed by atoms with E-state index in [4.69, 9.17) is 0 Å². The highest BCUT2D eigenvalue weighted by Crippen LogP contribution is 2.25. The molecular formula is C13H15BrN2O2. The fraction of sp³-hybridized carbons (Fsp3) is 0.385. The number of rotatable bonds is 3. The van der Waals surface area contributed by atoms with Gasteiger partial charge < -0.3 is 10.2 Å². The first-order chi connectivity index (χ1) is 8.52. The van der Waals surface area contributed by atoms with Crippen LogP contribution >= 0.6 is 15.9 Å². The van der Waals surface area contributed by atoms with Crippen molar-refractivity contribution in [2.45, 2.75) is 24.7 Å². The second-order valence-electron chi connectivity index (χ2n) is 4.40. The lowest BCUT2D eigenvalue weighted by atomic mass is 10.0. The number of carbonyl (C=O) groups excluding carboxylic acids is 2. The Labute approximate surface area is 114 Å². The van der Waals surface area contributed by atoms with Crippen LogP contribution in [0.3, 0.4) is 0 Å². The number of amides is 2. The second-order valence-corrected chi connectivity index (χ2v) is 5.50. The summed E-state index contributed by atoms with van der Waals surface area (Å²) in [5.74, 6) is 0.0832. The predicted molar refractivity (Wildman–Crippen MR) is 74.3 cm³/mol. The van der Waals surface area contributed by atoms with Gasteiger partial charge in [-0.1, -0.05) is 22.9 Å². The van der Waals surface area contributed by atoms with Crippen LogP contribution in [-0.2, 0) is 6.54 Å². The van der Waals surface area contributed by atoms with Crippen LogP contribution in [0.1, 0.15) is 29.3 Å². The molecule has 1 aliphatic rings. The lowest BCUT2D eigenvalue weighted by molar-refractivity contribution is 0.0990. The van der Waals surface area contributed by atoms with Crippen molar-refractivity contribution in [1.82, 2.24) is 4.90 Å². The molecule has 0 aromatic heterocycles. The number of alkyl halides is 1. The number of carbonyl (C=O) groups is 2. The van der Waals surface area contributed by atoms with Gasteiger partial charge in [-0.05, 0) is 30.2 Å². The Kier molecular flexibility index (Phi) is 3.71. The predicted octanol–water partition coefficient (Wildman–Crippen LogP) is 3.02. The van der Waals surface area contributed by atoms with Gasteiger partial charge in [-0.3, -0.25) is 4.79 Å². The van der Waals surface area contributed by atoms with Gasteiger partial charge in [-0.25, -0.2) is 4.79 Å². The van der Waals surface area contributed by atoms with E-state index in [9.17, 15) is 9.59 Å². The third-order valence-electron chi connectivity index (χ3n) is 3.03. The summed E-state index contributed by atoms with van der Waals surface area (Å²) in [5, 5.41) is 2.78.